The summed E-state index contributed by atoms with van der Waals surface area (Å²) < 4.78 is 49.1. The maximum atomic E-state index is 14.0. The third-order valence-electron chi connectivity index (χ3n) is 9.92. The van der Waals surface area contributed by atoms with Crippen LogP contribution in [0.3, 0.4) is 0 Å². The highest BCUT2D eigenvalue weighted by Crippen LogP contribution is 2.41. The molecule has 1 saturated heterocycles. The zero-order valence-corrected chi connectivity index (χ0v) is 35.4. The second-order valence-corrected chi connectivity index (χ2v) is 24.1. The first kappa shape index (κ1) is 42.7. The molecule has 0 aliphatic carbocycles. The van der Waals surface area contributed by atoms with Crippen LogP contribution >= 0.6 is 11.8 Å². The number of thioether (sulfide) groups is 1. The number of ether oxygens (including phenoxy) is 4. The van der Waals surface area contributed by atoms with Gasteiger partial charge in [0.05, 0.1) is 28.8 Å². The molecule has 55 heavy (non-hydrogen) atoms. The molecule has 3 aromatic carbocycles. The van der Waals surface area contributed by atoms with E-state index >= 15 is 0 Å². The van der Waals surface area contributed by atoms with Gasteiger partial charge in [-0.2, -0.15) is 0 Å². The Labute approximate surface area is 333 Å². The van der Waals surface area contributed by atoms with Gasteiger partial charge in [0.25, 0.3) is 0 Å². The molecule has 5 rings (SSSR count). The first-order valence-corrected chi connectivity index (χ1v) is 23.6. The summed E-state index contributed by atoms with van der Waals surface area (Å²) in [6, 6.07) is 24.6. The Bertz CT molecular complexity index is 1770. The molecule has 2 heterocycles. The predicted molar refractivity (Wildman–Crippen MR) is 219 cm³/mol. The molecule has 2 aliphatic rings. The minimum atomic E-state index is -2.26. The van der Waals surface area contributed by atoms with Crippen molar-refractivity contribution in [2.45, 2.75) is 113 Å². The number of hydrogen-bond donors (Lipinski definition) is 1. The first-order valence-electron chi connectivity index (χ1n) is 18.5. The lowest BCUT2D eigenvalue weighted by molar-refractivity contribution is -0.205. The van der Waals surface area contributed by atoms with Crippen LogP contribution in [0.4, 0.5) is 0 Å². The van der Waals surface area contributed by atoms with Crippen LogP contribution in [0.5, 0.6) is 0 Å². The molecule has 0 amide bonds. The first-order chi connectivity index (χ1) is 25.9. The summed E-state index contributed by atoms with van der Waals surface area (Å²) in [6.45, 7) is 16.5. The lowest BCUT2D eigenvalue weighted by Crippen LogP contribution is -2.66. The van der Waals surface area contributed by atoms with Gasteiger partial charge in [0.15, 0.2) is 26.6 Å². The van der Waals surface area contributed by atoms with E-state index in [2.05, 4.69) is 38.6 Å². The number of carbonyl (C=O) groups is 3. The van der Waals surface area contributed by atoms with Crippen molar-refractivity contribution in [3.8, 4) is 0 Å². The lowest BCUT2D eigenvalue weighted by atomic mass is 9.92. The Kier molecular flexibility index (Phi) is 14.1. The number of hydrogen-bond acceptors (Lipinski definition) is 11. The van der Waals surface area contributed by atoms with Gasteiger partial charge in [-0.3, -0.25) is 0 Å². The van der Waals surface area contributed by atoms with Crippen LogP contribution in [0.2, 0.25) is 18.1 Å². The van der Waals surface area contributed by atoms with Gasteiger partial charge in [-0.15, -0.1) is 16.5 Å². The highest BCUT2D eigenvalue weighted by molar-refractivity contribution is 7.99. The number of fused-ring (bicyclic) bond motifs is 2. The number of benzene rings is 3. The second-order valence-electron chi connectivity index (χ2n) is 16.2. The van der Waals surface area contributed by atoms with E-state index in [1.807, 2.05) is 32.9 Å². The largest absolute Gasteiger partial charge is 0.598 e. The smallest absolute Gasteiger partial charge is 0.338 e. The van der Waals surface area contributed by atoms with Gasteiger partial charge in [-0.05, 0) is 81.7 Å². The summed E-state index contributed by atoms with van der Waals surface area (Å²) in [4.78, 5) is 41.7. The Balaban J connectivity index is 1.65. The molecule has 0 spiro atoms. The zero-order chi connectivity index (χ0) is 40.0. The van der Waals surface area contributed by atoms with Crippen LogP contribution in [0.15, 0.2) is 103 Å². The van der Waals surface area contributed by atoms with E-state index in [-0.39, 0.29) is 27.8 Å². The highest BCUT2D eigenvalue weighted by atomic mass is 32.2. The van der Waals surface area contributed by atoms with Crippen molar-refractivity contribution in [2.75, 3.05) is 5.75 Å². The molecule has 13 heteroatoms. The van der Waals surface area contributed by atoms with Crippen molar-refractivity contribution >= 4 is 49.3 Å². The summed E-state index contributed by atoms with van der Waals surface area (Å²) in [5.74, 6) is -1.65. The molecular formula is C42H53NO9S2Si. The van der Waals surface area contributed by atoms with E-state index in [4.69, 9.17) is 23.4 Å². The van der Waals surface area contributed by atoms with E-state index in [9.17, 15) is 18.9 Å². The predicted octanol–water partition coefficient (Wildman–Crippen LogP) is 7.89. The van der Waals surface area contributed by atoms with E-state index < -0.39 is 78.2 Å². The van der Waals surface area contributed by atoms with Gasteiger partial charge >= 0.3 is 17.9 Å². The normalized spacial score (nSPS) is 25.3. The Hall–Kier alpha value is -3.43. The van der Waals surface area contributed by atoms with Gasteiger partial charge in [0.1, 0.15) is 16.3 Å². The fraction of sp³-hybridized carbons (Fsp3) is 0.452. The maximum Gasteiger partial charge on any atom is 0.338 e. The molecular weight excluding hydrogens is 755 g/mol. The fourth-order valence-electron chi connectivity index (χ4n) is 5.80. The van der Waals surface area contributed by atoms with Gasteiger partial charge in [-0.25, -0.2) is 14.4 Å². The molecule has 0 aromatic heterocycles. The van der Waals surface area contributed by atoms with Gasteiger partial charge in [0.2, 0.25) is 0 Å². The molecule has 296 valence electrons. The molecule has 1 fully saturated rings. The average molecular weight is 808 g/mol. The van der Waals surface area contributed by atoms with Crippen molar-refractivity contribution in [1.82, 2.24) is 4.72 Å². The number of nitrogens with one attached hydrogen (secondary N) is 1. The molecule has 0 saturated carbocycles. The summed E-state index contributed by atoms with van der Waals surface area (Å²) in [6.07, 6.45) is -0.973. The molecule has 1 N–H and O–H groups in total. The molecule has 10 nitrogen and oxygen atoms in total. The van der Waals surface area contributed by atoms with E-state index in [1.165, 1.54) is 11.8 Å². The standard InChI is InChI=1S/C42H53NO9S2Si/c1-41(2,3)54(47)43-32-26-18-25-31(52-55(7,8)42(4,5)6)27-53-40-36(50-39(46)30-23-16-11-17-24-30)35(49-38(45)29-21-14-10-15-22-29)34(33(32)51-40)48-37(44)28-19-12-9-13-20-28/h9-25,31-36,40,43H,26-27H2,1-8H3/t31?,32-,33-,34+,35+,36-,40-,54-/m1/s1. The van der Waals surface area contributed by atoms with E-state index in [0.717, 1.165) is 0 Å². The van der Waals surface area contributed by atoms with Crippen LogP contribution < -0.4 is 4.72 Å². The fourth-order valence-corrected chi connectivity index (χ4v) is 9.22. The second kappa shape index (κ2) is 18.2. The van der Waals surface area contributed by atoms with Gasteiger partial charge < -0.3 is 27.9 Å². The number of esters is 3. The van der Waals surface area contributed by atoms with Crippen LogP contribution in [-0.4, -0.2) is 83.3 Å². The Morgan fingerprint density at radius 1 is 0.745 bits per heavy atom. The average Bonchev–Trinajstić information content (AvgIpc) is 3.14. The van der Waals surface area contributed by atoms with Crippen LogP contribution in [0.25, 0.3) is 0 Å². The molecule has 2 aliphatic heterocycles. The van der Waals surface area contributed by atoms with Crippen LogP contribution in [-0.2, 0) is 34.7 Å². The van der Waals surface area contributed by atoms with Crippen molar-refractivity contribution in [1.29, 1.82) is 0 Å². The monoisotopic (exact) mass is 807 g/mol. The lowest BCUT2D eigenvalue weighted by Gasteiger charge is -2.47. The van der Waals surface area contributed by atoms with Gasteiger partial charge in [-0.1, -0.05) is 87.5 Å². The Morgan fingerprint density at radius 3 is 1.65 bits per heavy atom. The number of carbonyl (C=O) groups excluding carboxylic acids is 3. The quantitative estimate of drug-likeness (QED) is 0.0705. The minimum absolute atomic E-state index is 0.0682. The van der Waals surface area contributed by atoms with Crippen molar-refractivity contribution in [2.24, 2.45) is 0 Å². The summed E-state index contributed by atoms with van der Waals surface area (Å²) in [7, 11) is -2.26. The Morgan fingerprint density at radius 2 is 1.20 bits per heavy atom. The minimum Gasteiger partial charge on any atom is -0.598 e. The topological polar surface area (TPSA) is 132 Å². The molecule has 0 radical (unpaired) electrons. The number of rotatable bonds is 10. The molecule has 3 aromatic rings. The molecule has 2 bridgehead atoms. The molecule has 1 unspecified atom stereocenters. The molecule has 8 atom stereocenters. The van der Waals surface area contributed by atoms with Gasteiger partial charge in [0, 0.05) is 17.1 Å². The van der Waals surface area contributed by atoms with Crippen molar-refractivity contribution < 1.29 is 42.3 Å². The maximum absolute atomic E-state index is 14.0. The summed E-state index contributed by atoms with van der Waals surface area (Å²) in [5.41, 5.74) is -0.130. The van der Waals surface area contributed by atoms with Crippen molar-refractivity contribution in [3.05, 3.63) is 120 Å². The van der Waals surface area contributed by atoms with Crippen LogP contribution in [0, 0.1) is 0 Å². The van der Waals surface area contributed by atoms with E-state index in [0.29, 0.717) is 12.2 Å². The van der Waals surface area contributed by atoms with Crippen molar-refractivity contribution in [3.63, 3.8) is 0 Å². The third kappa shape index (κ3) is 11.1. The zero-order valence-electron chi connectivity index (χ0n) is 32.8. The third-order valence-corrected chi connectivity index (χ3v) is 17.3. The SMILES string of the molecule is CC(C)(C)[S@@+]([O-])N[C@@H]1CC=CC(O[Si](C)(C)C(C)(C)C)CS[C@H]2O[C@H]1[C@H](OC(=O)c1ccccc1)[C@H](OC(=O)c1ccccc1)[C@H]2OC(=O)c1ccccc1. The van der Waals surface area contributed by atoms with Crippen LogP contribution in [0.1, 0.15) is 79.0 Å². The summed E-state index contributed by atoms with van der Waals surface area (Å²) in [5, 5.41) is -0.0682. The highest BCUT2D eigenvalue weighted by Gasteiger charge is 2.56. The van der Waals surface area contributed by atoms with E-state index in [1.54, 1.807) is 91.0 Å². The summed E-state index contributed by atoms with van der Waals surface area (Å²) >= 11 is -0.230.